The van der Waals surface area contributed by atoms with Crippen molar-refractivity contribution in [2.45, 2.75) is 13.0 Å². The van der Waals surface area contributed by atoms with Crippen LogP contribution >= 0.6 is 0 Å². The Bertz CT molecular complexity index is 850. The Hall–Kier alpha value is -3.41. The third kappa shape index (κ3) is 5.54. The van der Waals surface area contributed by atoms with Crippen molar-refractivity contribution in [1.82, 2.24) is 15.3 Å². The van der Waals surface area contributed by atoms with Crippen LogP contribution in [0.1, 0.15) is 21.7 Å². The molecule has 2 aromatic heterocycles. The largest absolute Gasteiger partial charge is 0.497 e. The molecule has 1 aromatic carbocycles. The third-order valence-electron chi connectivity index (χ3n) is 4.05. The molecule has 6 nitrogen and oxygen atoms in total. The zero-order valence-electron chi connectivity index (χ0n) is 15.2. The first-order valence-electron chi connectivity index (χ1n) is 8.75. The van der Waals surface area contributed by atoms with Gasteiger partial charge in [0, 0.05) is 12.7 Å². The average Bonchev–Trinajstić information content (AvgIpc) is 2.74. The maximum absolute atomic E-state index is 12.2. The van der Waals surface area contributed by atoms with Gasteiger partial charge in [-0.3, -0.25) is 9.78 Å². The van der Waals surface area contributed by atoms with Crippen LogP contribution in [0.3, 0.4) is 0 Å². The second-order valence-electron chi connectivity index (χ2n) is 5.96. The van der Waals surface area contributed by atoms with Crippen LogP contribution in [0.5, 0.6) is 5.75 Å². The predicted octanol–water partition coefficient (Wildman–Crippen LogP) is 3.07. The topological polar surface area (TPSA) is 76.1 Å². The van der Waals surface area contributed by atoms with Crippen molar-refractivity contribution in [2.75, 3.05) is 19.0 Å². The van der Waals surface area contributed by atoms with E-state index >= 15 is 0 Å². The zero-order chi connectivity index (χ0) is 18.9. The molecule has 0 aliphatic rings. The number of amides is 1. The molecule has 3 aromatic rings. The van der Waals surface area contributed by atoms with E-state index in [9.17, 15) is 4.79 Å². The maximum atomic E-state index is 12.2. The molecule has 2 heterocycles. The van der Waals surface area contributed by atoms with Gasteiger partial charge in [-0.25, -0.2) is 4.98 Å². The fraction of sp³-hybridized carbons (Fsp3) is 0.190. The molecule has 2 N–H and O–H groups in total. The first-order valence-corrected chi connectivity index (χ1v) is 8.75. The lowest BCUT2D eigenvalue weighted by Crippen LogP contribution is -2.26. The number of pyridine rings is 2. The van der Waals surface area contributed by atoms with E-state index in [1.54, 1.807) is 25.6 Å². The van der Waals surface area contributed by atoms with Gasteiger partial charge in [-0.15, -0.1) is 0 Å². The van der Waals surface area contributed by atoms with E-state index in [1.165, 1.54) is 0 Å². The van der Waals surface area contributed by atoms with Gasteiger partial charge in [0.1, 0.15) is 11.4 Å². The number of methoxy groups -OCH3 is 1. The van der Waals surface area contributed by atoms with Gasteiger partial charge in [-0.2, -0.15) is 0 Å². The van der Waals surface area contributed by atoms with Crippen molar-refractivity contribution in [1.29, 1.82) is 0 Å². The molecule has 6 heteroatoms. The van der Waals surface area contributed by atoms with Crippen LogP contribution in [0.15, 0.2) is 67.0 Å². The Morgan fingerprint density at radius 2 is 1.89 bits per heavy atom. The van der Waals surface area contributed by atoms with E-state index in [-0.39, 0.29) is 5.91 Å². The highest BCUT2D eigenvalue weighted by atomic mass is 16.5. The van der Waals surface area contributed by atoms with E-state index in [0.29, 0.717) is 18.8 Å². The fourth-order valence-corrected chi connectivity index (χ4v) is 2.53. The number of anilines is 1. The molecule has 0 saturated carbocycles. The van der Waals surface area contributed by atoms with E-state index in [4.69, 9.17) is 4.74 Å². The van der Waals surface area contributed by atoms with Gasteiger partial charge in [-0.1, -0.05) is 18.2 Å². The third-order valence-corrected chi connectivity index (χ3v) is 4.05. The second-order valence-corrected chi connectivity index (χ2v) is 5.96. The SMILES string of the molecule is COc1ccc(CCNC(=O)c2ccc(NCc3ccccn3)cn2)cc1. The first kappa shape index (κ1) is 18.4. The zero-order valence-corrected chi connectivity index (χ0v) is 15.2. The number of nitrogens with one attached hydrogen (secondary N) is 2. The number of aromatic nitrogens is 2. The standard InChI is InChI=1S/C21H22N4O2/c1-27-19-8-5-16(6-9-19)11-13-23-21(26)20-10-7-18(15-25-20)24-14-17-4-2-3-12-22-17/h2-10,12,15,24H,11,13-14H2,1H3,(H,23,26). The summed E-state index contributed by atoms with van der Waals surface area (Å²) in [4.78, 5) is 20.7. The summed E-state index contributed by atoms with van der Waals surface area (Å²) >= 11 is 0. The average molecular weight is 362 g/mol. The van der Waals surface area contributed by atoms with Gasteiger partial charge in [-0.05, 0) is 48.4 Å². The second kappa shape index (κ2) is 9.33. The van der Waals surface area contributed by atoms with Gasteiger partial charge in [0.05, 0.1) is 31.2 Å². The maximum Gasteiger partial charge on any atom is 0.269 e. The summed E-state index contributed by atoms with van der Waals surface area (Å²) in [5.74, 6) is 0.642. The summed E-state index contributed by atoms with van der Waals surface area (Å²) < 4.78 is 5.14. The van der Waals surface area contributed by atoms with Crippen molar-refractivity contribution in [3.05, 3.63) is 83.9 Å². The highest BCUT2D eigenvalue weighted by molar-refractivity contribution is 5.92. The van der Waals surface area contributed by atoms with Crippen molar-refractivity contribution in [3.8, 4) is 5.75 Å². The van der Waals surface area contributed by atoms with Gasteiger partial charge in [0.25, 0.3) is 5.91 Å². The van der Waals surface area contributed by atoms with Gasteiger partial charge >= 0.3 is 0 Å². The number of ether oxygens (including phenoxy) is 1. The van der Waals surface area contributed by atoms with Gasteiger partial charge < -0.3 is 15.4 Å². The molecule has 0 bridgehead atoms. The van der Waals surface area contributed by atoms with Crippen LogP contribution in [-0.2, 0) is 13.0 Å². The van der Waals surface area contributed by atoms with Crippen molar-refractivity contribution in [2.24, 2.45) is 0 Å². The fourth-order valence-electron chi connectivity index (χ4n) is 2.53. The van der Waals surface area contributed by atoms with Crippen LogP contribution in [0.2, 0.25) is 0 Å². The number of carbonyl (C=O) groups is 1. The number of hydrogen-bond acceptors (Lipinski definition) is 5. The monoisotopic (exact) mass is 362 g/mol. The lowest BCUT2D eigenvalue weighted by Gasteiger charge is -2.08. The minimum absolute atomic E-state index is 0.181. The van der Waals surface area contributed by atoms with Crippen LogP contribution in [0.4, 0.5) is 5.69 Å². The molecule has 0 aliphatic heterocycles. The highest BCUT2D eigenvalue weighted by Crippen LogP contribution is 2.11. The molecule has 27 heavy (non-hydrogen) atoms. The molecule has 0 aliphatic carbocycles. The molecule has 1 amide bonds. The normalized spacial score (nSPS) is 10.3. The molecule has 138 valence electrons. The summed E-state index contributed by atoms with van der Waals surface area (Å²) in [5.41, 5.74) is 3.32. The Kier molecular flexibility index (Phi) is 6.35. The number of carbonyl (C=O) groups excluding carboxylic acids is 1. The van der Waals surface area contributed by atoms with Gasteiger partial charge in [0.15, 0.2) is 0 Å². The lowest BCUT2D eigenvalue weighted by molar-refractivity contribution is 0.0949. The van der Waals surface area contributed by atoms with Crippen molar-refractivity contribution < 1.29 is 9.53 Å². The summed E-state index contributed by atoms with van der Waals surface area (Å²) in [7, 11) is 1.64. The Morgan fingerprint density at radius 3 is 2.56 bits per heavy atom. The van der Waals surface area contributed by atoms with Crippen LogP contribution in [-0.4, -0.2) is 29.5 Å². The molecule has 0 radical (unpaired) electrons. The predicted molar refractivity (Wildman–Crippen MR) is 105 cm³/mol. The van der Waals surface area contributed by atoms with Crippen LogP contribution in [0, 0.1) is 0 Å². The smallest absolute Gasteiger partial charge is 0.269 e. The molecule has 0 unspecified atom stereocenters. The number of benzene rings is 1. The van der Waals surface area contributed by atoms with Crippen LogP contribution in [0.25, 0.3) is 0 Å². The molecule has 0 fully saturated rings. The van der Waals surface area contributed by atoms with E-state index in [2.05, 4.69) is 20.6 Å². The number of hydrogen-bond donors (Lipinski definition) is 2. The number of rotatable bonds is 8. The van der Waals surface area contributed by atoms with E-state index in [1.807, 2.05) is 48.5 Å². The van der Waals surface area contributed by atoms with E-state index in [0.717, 1.165) is 29.1 Å². The lowest BCUT2D eigenvalue weighted by atomic mass is 10.1. The molecule has 0 saturated heterocycles. The summed E-state index contributed by atoms with van der Waals surface area (Å²) in [5, 5.41) is 6.12. The highest BCUT2D eigenvalue weighted by Gasteiger charge is 2.06. The summed E-state index contributed by atoms with van der Waals surface area (Å²) in [6.45, 7) is 1.16. The molecular formula is C21H22N4O2. The molecule has 0 atom stereocenters. The Labute approximate surface area is 158 Å². The Balaban J connectivity index is 1.45. The minimum atomic E-state index is -0.181. The van der Waals surface area contributed by atoms with Crippen LogP contribution < -0.4 is 15.4 Å². The van der Waals surface area contributed by atoms with Crippen molar-refractivity contribution in [3.63, 3.8) is 0 Å². The molecule has 3 rings (SSSR count). The quantitative estimate of drug-likeness (QED) is 0.644. The number of nitrogens with zero attached hydrogens (tertiary/aromatic N) is 2. The summed E-state index contributed by atoms with van der Waals surface area (Å²) in [6, 6.07) is 17.1. The summed E-state index contributed by atoms with van der Waals surface area (Å²) in [6.07, 6.45) is 4.16. The van der Waals surface area contributed by atoms with E-state index < -0.39 is 0 Å². The molecule has 0 spiro atoms. The first-order chi connectivity index (χ1) is 13.2. The van der Waals surface area contributed by atoms with Gasteiger partial charge in [0.2, 0.25) is 0 Å². The molecular weight excluding hydrogens is 340 g/mol. The minimum Gasteiger partial charge on any atom is -0.497 e. The van der Waals surface area contributed by atoms with Crippen molar-refractivity contribution >= 4 is 11.6 Å². The Morgan fingerprint density at radius 1 is 1.04 bits per heavy atom.